The monoisotopic (exact) mass is 318 g/mol. The maximum Gasteiger partial charge on any atom is 0.130 e. The topological polar surface area (TPSA) is 42.9 Å². The molecule has 4 heteroatoms. The lowest BCUT2D eigenvalue weighted by atomic mass is 10.1. The van der Waals surface area contributed by atoms with Crippen molar-refractivity contribution in [2.45, 2.75) is 26.7 Å². The molecular formula is C15H15BrN2O. The van der Waals surface area contributed by atoms with E-state index in [2.05, 4.69) is 25.9 Å². The summed E-state index contributed by atoms with van der Waals surface area (Å²) in [5.74, 6) is 0.883. The molecule has 0 radical (unpaired) electrons. The van der Waals surface area contributed by atoms with Gasteiger partial charge in [0.1, 0.15) is 11.6 Å². The van der Waals surface area contributed by atoms with Gasteiger partial charge in [-0.05, 0) is 26.0 Å². The van der Waals surface area contributed by atoms with E-state index in [1.165, 1.54) is 0 Å². The van der Waals surface area contributed by atoms with Crippen LogP contribution in [0.3, 0.4) is 0 Å². The van der Waals surface area contributed by atoms with E-state index < -0.39 is 0 Å². The summed E-state index contributed by atoms with van der Waals surface area (Å²) in [5.41, 5.74) is 2.84. The molecule has 1 aromatic carbocycles. The van der Waals surface area contributed by atoms with Crippen LogP contribution in [0.2, 0.25) is 0 Å². The van der Waals surface area contributed by atoms with Gasteiger partial charge >= 0.3 is 0 Å². The Labute approximate surface area is 121 Å². The number of rotatable bonds is 4. The first-order chi connectivity index (χ1) is 9.06. The van der Waals surface area contributed by atoms with Crippen LogP contribution in [0.25, 0.3) is 11.3 Å². The van der Waals surface area contributed by atoms with Gasteiger partial charge in [-0.2, -0.15) is 0 Å². The number of aromatic nitrogens is 2. The Morgan fingerprint density at radius 3 is 2.68 bits per heavy atom. The molecule has 1 heterocycles. The van der Waals surface area contributed by atoms with E-state index in [-0.39, 0.29) is 5.78 Å². The van der Waals surface area contributed by atoms with E-state index in [4.69, 9.17) is 0 Å². The van der Waals surface area contributed by atoms with E-state index in [1.54, 1.807) is 6.92 Å². The van der Waals surface area contributed by atoms with Crippen LogP contribution in [0.15, 0.2) is 34.8 Å². The Balaban J connectivity index is 2.36. The molecule has 3 nitrogen and oxygen atoms in total. The van der Waals surface area contributed by atoms with Crippen molar-refractivity contribution in [3.8, 4) is 11.3 Å². The molecular weight excluding hydrogens is 304 g/mol. The van der Waals surface area contributed by atoms with Crippen LogP contribution in [0.5, 0.6) is 0 Å². The first-order valence-electron chi connectivity index (χ1n) is 6.15. The molecule has 0 saturated heterocycles. The summed E-state index contributed by atoms with van der Waals surface area (Å²) in [6.07, 6.45) is 1.08. The smallest absolute Gasteiger partial charge is 0.130 e. The minimum atomic E-state index is 0.160. The number of aryl methyl sites for hydroxylation is 2. The molecule has 2 aromatic rings. The number of carbonyl (C=O) groups is 1. The van der Waals surface area contributed by atoms with E-state index in [0.29, 0.717) is 12.8 Å². The van der Waals surface area contributed by atoms with Crippen LogP contribution in [0.4, 0.5) is 0 Å². The van der Waals surface area contributed by atoms with Gasteiger partial charge < -0.3 is 4.79 Å². The standard InChI is InChI=1S/C15H15BrN2O/c1-10-9-14(12-5-3-4-6-13(12)16)18-15(17-10)8-7-11(2)19/h3-6,9H,7-8H2,1-2H3. The predicted molar refractivity (Wildman–Crippen MR) is 78.9 cm³/mol. The quantitative estimate of drug-likeness (QED) is 0.862. The maximum atomic E-state index is 11.0. The van der Waals surface area contributed by atoms with Crippen LogP contribution in [0, 0.1) is 6.92 Å². The summed E-state index contributed by atoms with van der Waals surface area (Å²) in [4.78, 5) is 20.0. The molecule has 0 unspecified atom stereocenters. The normalized spacial score (nSPS) is 10.5. The second-order valence-electron chi connectivity index (χ2n) is 4.49. The summed E-state index contributed by atoms with van der Waals surface area (Å²) in [7, 11) is 0. The van der Waals surface area contributed by atoms with Crippen molar-refractivity contribution in [2.24, 2.45) is 0 Å². The summed E-state index contributed by atoms with van der Waals surface area (Å²) < 4.78 is 1.01. The van der Waals surface area contributed by atoms with Gasteiger partial charge in [-0.3, -0.25) is 0 Å². The van der Waals surface area contributed by atoms with Crippen LogP contribution in [-0.2, 0) is 11.2 Å². The lowest BCUT2D eigenvalue weighted by Crippen LogP contribution is -2.02. The van der Waals surface area contributed by atoms with E-state index >= 15 is 0 Å². The zero-order chi connectivity index (χ0) is 13.8. The summed E-state index contributed by atoms with van der Waals surface area (Å²) in [5, 5.41) is 0. The number of hydrogen-bond acceptors (Lipinski definition) is 3. The Hall–Kier alpha value is -1.55. The third kappa shape index (κ3) is 3.70. The molecule has 19 heavy (non-hydrogen) atoms. The minimum Gasteiger partial charge on any atom is -0.300 e. The van der Waals surface area contributed by atoms with Crippen molar-refractivity contribution in [2.75, 3.05) is 0 Å². The van der Waals surface area contributed by atoms with Crippen molar-refractivity contribution in [1.82, 2.24) is 9.97 Å². The summed E-state index contributed by atoms with van der Waals surface area (Å²) >= 11 is 3.53. The molecule has 0 atom stereocenters. The first kappa shape index (κ1) is 13.9. The highest BCUT2D eigenvalue weighted by molar-refractivity contribution is 9.10. The third-order valence-electron chi connectivity index (χ3n) is 2.75. The van der Waals surface area contributed by atoms with Crippen LogP contribution in [-0.4, -0.2) is 15.8 Å². The first-order valence-corrected chi connectivity index (χ1v) is 6.94. The third-order valence-corrected chi connectivity index (χ3v) is 3.44. The largest absolute Gasteiger partial charge is 0.300 e. The minimum absolute atomic E-state index is 0.160. The van der Waals surface area contributed by atoms with E-state index in [0.717, 1.165) is 27.2 Å². The molecule has 0 fully saturated rings. The lowest BCUT2D eigenvalue weighted by Gasteiger charge is -2.07. The molecule has 0 N–H and O–H groups in total. The number of ketones is 1. The molecule has 0 saturated carbocycles. The number of halogens is 1. The highest BCUT2D eigenvalue weighted by Gasteiger charge is 2.08. The van der Waals surface area contributed by atoms with Gasteiger partial charge in [0.25, 0.3) is 0 Å². The van der Waals surface area contributed by atoms with Crippen molar-refractivity contribution < 1.29 is 4.79 Å². The van der Waals surface area contributed by atoms with Gasteiger partial charge in [-0.1, -0.05) is 34.1 Å². The average molecular weight is 319 g/mol. The van der Waals surface area contributed by atoms with Crippen molar-refractivity contribution >= 4 is 21.7 Å². The van der Waals surface area contributed by atoms with Gasteiger partial charge in [0.2, 0.25) is 0 Å². The van der Waals surface area contributed by atoms with Gasteiger partial charge in [-0.25, -0.2) is 9.97 Å². The van der Waals surface area contributed by atoms with E-state index in [1.807, 2.05) is 37.3 Å². The second-order valence-corrected chi connectivity index (χ2v) is 5.35. The molecule has 0 aliphatic heterocycles. The molecule has 0 aliphatic carbocycles. The van der Waals surface area contributed by atoms with Crippen molar-refractivity contribution in [1.29, 1.82) is 0 Å². The molecule has 98 valence electrons. The number of benzene rings is 1. The Morgan fingerprint density at radius 1 is 1.26 bits per heavy atom. The van der Waals surface area contributed by atoms with Crippen LogP contribution in [0.1, 0.15) is 24.9 Å². The van der Waals surface area contributed by atoms with Crippen LogP contribution >= 0.6 is 15.9 Å². The van der Waals surface area contributed by atoms with Gasteiger partial charge in [-0.15, -0.1) is 0 Å². The van der Waals surface area contributed by atoms with Crippen molar-refractivity contribution in [3.63, 3.8) is 0 Å². The SMILES string of the molecule is CC(=O)CCc1nc(C)cc(-c2ccccc2Br)n1. The molecule has 0 amide bonds. The number of hydrogen-bond donors (Lipinski definition) is 0. The van der Waals surface area contributed by atoms with Crippen LogP contribution < -0.4 is 0 Å². The zero-order valence-electron chi connectivity index (χ0n) is 11.0. The highest BCUT2D eigenvalue weighted by Crippen LogP contribution is 2.26. The maximum absolute atomic E-state index is 11.0. The lowest BCUT2D eigenvalue weighted by molar-refractivity contribution is -0.117. The highest BCUT2D eigenvalue weighted by atomic mass is 79.9. The molecule has 0 aliphatic rings. The molecule has 2 rings (SSSR count). The molecule has 0 spiro atoms. The Kier molecular flexibility index (Phi) is 4.43. The van der Waals surface area contributed by atoms with E-state index in [9.17, 15) is 4.79 Å². The summed E-state index contributed by atoms with van der Waals surface area (Å²) in [6, 6.07) is 9.91. The molecule has 1 aromatic heterocycles. The van der Waals surface area contributed by atoms with Gasteiger partial charge in [0.05, 0.1) is 5.69 Å². The zero-order valence-corrected chi connectivity index (χ0v) is 12.6. The average Bonchev–Trinajstić information content (AvgIpc) is 2.36. The summed E-state index contributed by atoms with van der Waals surface area (Å²) in [6.45, 7) is 3.53. The predicted octanol–water partition coefficient (Wildman–Crippen LogP) is 3.74. The van der Waals surface area contributed by atoms with Gasteiger partial charge in [0, 0.05) is 28.6 Å². The molecule has 0 bridgehead atoms. The fourth-order valence-corrected chi connectivity index (χ4v) is 2.32. The Morgan fingerprint density at radius 2 is 2.00 bits per heavy atom. The fraction of sp³-hybridized carbons (Fsp3) is 0.267. The van der Waals surface area contributed by atoms with Crippen molar-refractivity contribution in [3.05, 3.63) is 46.3 Å². The second kappa shape index (κ2) is 6.06. The fourth-order valence-electron chi connectivity index (χ4n) is 1.84. The van der Waals surface area contributed by atoms with Gasteiger partial charge in [0.15, 0.2) is 0 Å². The Bertz CT molecular complexity index is 611. The number of nitrogens with zero attached hydrogens (tertiary/aromatic N) is 2. The number of Topliss-reactive ketones (excluding diaryl/α,β-unsaturated/α-hetero) is 1. The number of carbonyl (C=O) groups excluding carboxylic acids is 1.